The lowest BCUT2D eigenvalue weighted by atomic mass is 10.0. The van der Waals surface area contributed by atoms with Crippen LogP contribution in [0.15, 0.2) is 49.1 Å². The van der Waals surface area contributed by atoms with E-state index in [4.69, 9.17) is 14.2 Å². The quantitative estimate of drug-likeness (QED) is 0.313. The normalized spacial score (nSPS) is 26.8. The summed E-state index contributed by atoms with van der Waals surface area (Å²) in [5.41, 5.74) is -0.537. The Hall–Kier alpha value is -5.13. The first kappa shape index (κ1) is 41.0. The molecule has 7 rings (SSSR count). The molecule has 18 heteroatoms. The largest absolute Gasteiger partial charge is 0.492 e. The Bertz CT molecular complexity index is 2030. The van der Waals surface area contributed by atoms with Gasteiger partial charge in [0.1, 0.15) is 41.7 Å². The molecule has 3 N–H and O–H groups in total. The van der Waals surface area contributed by atoms with Gasteiger partial charge in [-0.2, -0.15) is 0 Å². The number of carbonyl (C=O) groups is 5. The Morgan fingerprint density at radius 2 is 1.84 bits per heavy atom. The SMILES string of the molecule is CC(C)(C)OC(=O)N[C@@H]1CCCCC/C=C\[C@@H]2C[C@@]2(C(=O)NS(=O)(=O)C2CC2)NC(=O)[C@@H]2C[C@@H](OC(=O)N3Cc4ccc(OCCn5ccnc5)cc4C3)CN2C1=O. The summed E-state index contributed by atoms with van der Waals surface area (Å²) in [7, 11) is -3.92. The van der Waals surface area contributed by atoms with E-state index in [1.807, 2.05) is 41.1 Å². The molecule has 3 aliphatic heterocycles. The monoisotopic (exact) mass is 823 g/mol. The zero-order valence-electron chi connectivity index (χ0n) is 33.2. The zero-order valence-corrected chi connectivity index (χ0v) is 34.0. The topological polar surface area (TPSA) is 208 Å². The highest BCUT2D eigenvalue weighted by Gasteiger charge is 2.62. The van der Waals surface area contributed by atoms with Crippen molar-refractivity contribution in [2.45, 2.75) is 133 Å². The molecule has 5 amide bonds. The Morgan fingerprint density at radius 1 is 1.05 bits per heavy atom. The number of carbonyl (C=O) groups excluding carboxylic acids is 5. The molecule has 314 valence electrons. The van der Waals surface area contributed by atoms with E-state index in [0.29, 0.717) is 51.1 Å². The molecule has 2 aliphatic carbocycles. The Balaban J connectivity index is 1.07. The molecule has 58 heavy (non-hydrogen) atoms. The zero-order chi connectivity index (χ0) is 41.2. The molecular weight excluding hydrogens is 771 g/mol. The molecule has 1 saturated heterocycles. The lowest BCUT2D eigenvalue weighted by Gasteiger charge is -2.30. The van der Waals surface area contributed by atoms with Crippen LogP contribution < -0.4 is 20.1 Å². The van der Waals surface area contributed by atoms with Crippen LogP contribution in [0.25, 0.3) is 0 Å². The van der Waals surface area contributed by atoms with Crippen molar-refractivity contribution < 1.29 is 46.6 Å². The van der Waals surface area contributed by atoms with Crippen molar-refractivity contribution in [3.05, 3.63) is 60.2 Å². The first-order chi connectivity index (χ1) is 27.6. The third-order valence-electron chi connectivity index (χ3n) is 11.1. The van der Waals surface area contributed by atoms with Crippen LogP contribution in [0, 0.1) is 5.92 Å². The summed E-state index contributed by atoms with van der Waals surface area (Å²) in [5, 5.41) is 4.88. The fourth-order valence-electron chi connectivity index (χ4n) is 7.79. The minimum Gasteiger partial charge on any atom is -0.492 e. The van der Waals surface area contributed by atoms with Crippen LogP contribution >= 0.6 is 0 Å². The number of hydrogen-bond acceptors (Lipinski definition) is 11. The molecule has 0 unspecified atom stereocenters. The molecule has 0 bridgehead atoms. The molecule has 17 nitrogen and oxygen atoms in total. The lowest BCUT2D eigenvalue weighted by molar-refractivity contribution is -0.141. The molecule has 1 aromatic heterocycles. The Morgan fingerprint density at radius 3 is 2.59 bits per heavy atom. The van der Waals surface area contributed by atoms with E-state index in [1.54, 1.807) is 33.3 Å². The summed E-state index contributed by atoms with van der Waals surface area (Å²) in [5.74, 6) is -1.87. The lowest BCUT2D eigenvalue weighted by Crippen LogP contribution is -2.58. The van der Waals surface area contributed by atoms with Crippen molar-refractivity contribution in [3.63, 3.8) is 0 Å². The van der Waals surface area contributed by atoms with Crippen molar-refractivity contribution in [1.29, 1.82) is 0 Å². The summed E-state index contributed by atoms with van der Waals surface area (Å²) in [6.07, 6.45) is 10.7. The Labute approximate surface area is 338 Å². The summed E-state index contributed by atoms with van der Waals surface area (Å²) in [6.45, 7) is 6.60. The van der Waals surface area contributed by atoms with E-state index in [1.165, 1.54) is 9.80 Å². The molecule has 5 aliphatic rings. The number of imidazole rings is 1. The van der Waals surface area contributed by atoms with E-state index in [2.05, 4.69) is 20.3 Å². The summed E-state index contributed by atoms with van der Waals surface area (Å²) in [4.78, 5) is 76.0. The van der Waals surface area contributed by atoms with Crippen molar-refractivity contribution in [1.82, 2.24) is 34.7 Å². The maximum absolute atomic E-state index is 14.4. The van der Waals surface area contributed by atoms with Crippen LogP contribution in [0.2, 0.25) is 0 Å². The average molecular weight is 824 g/mol. The fraction of sp³-hybridized carbons (Fsp3) is 0.600. The Kier molecular flexibility index (Phi) is 11.8. The number of rotatable bonds is 9. The van der Waals surface area contributed by atoms with E-state index in [-0.39, 0.29) is 32.4 Å². The molecular formula is C40H53N7O10S. The second-order valence-electron chi connectivity index (χ2n) is 16.9. The third kappa shape index (κ3) is 9.76. The maximum Gasteiger partial charge on any atom is 0.410 e. The number of aromatic nitrogens is 2. The highest BCUT2D eigenvalue weighted by molar-refractivity contribution is 7.91. The van der Waals surface area contributed by atoms with Crippen LogP contribution in [0.4, 0.5) is 9.59 Å². The van der Waals surface area contributed by atoms with E-state index < -0.39 is 80.4 Å². The summed E-state index contributed by atoms with van der Waals surface area (Å²) in [6, 6.07) is 3.39. The molecule has 2 saturated carbocycles. The third-order valence-corrected chi connectivity index (χ3v) is 13.0. The number of amides is 5. The van der Waals surface area contributed by atoms with Crippen molar-refractivity contribution in [2.75, 3.05) is 13.2 Å². The van der Waals surface area contributed by atoms with Crippen LogP contribution in [-0.4, -0.2) is 105 Å². The van der Waals surface area contributed by atoms with Crippen LogP contribution in [0.3, 0.4) is 0 Å². The van der Waals surface area contributed by atoms with Crippen molar-refractivity contribution >= 4 is 39.9 Å². The molecule has 4 heterocycles. The molecule has 0 radical (unpaired) electrons. The van der Waals surface area contributed by atoms with Gasteiger partial charge in [0.05, 0.1) is 24.7 Å². The van der Waals surface area contributed by atoms with Gasteiger partial charge in [-0.15, -0.1) is 0 Å². The minimum atomic E-state index is -3.92. The molecule has 0 spiro atoms. The molecule has 1 aromatic carbocycles. The highest BCUT2D eigenvalue weighted by atomic mass is 32.2. The standard InChI is InChI=1S/C40H53N7O10S/c1-39(2,3)57-37(51)42-32-10-8-6-4-5-7-9-28-21-40(28,36(50)44-58(53,54)31-13-14-31)43-34(48)33-20-30(24-47(33)35(32)49)56-38(52)46-22-26-11-12-29(19-27(26)23-46)55-18-17-45-16-15-41-25-45/h7,9,11-12,15-16,19,25,28,30-33H,4-6,8,10,13-14,17-18,20-24H2,1-3H3,(H,42,51)(H,43,48)(H,44,50)/b9-7-/t28-,30-,32-,33+,40-/m1/s1. The first-order valence-corrected chi connectivity index (χ1v) is 21.7. The smallest absolute Gasteiger partial charge is 0.410 e. The number of nitrogens with one attached hydrogen (secondary N) is 3. The van der Waals surface area contributed by atoms with Gasteiger partial charge in [-0.05, 0) is 82.6 Å². The minimum absolute atomic E-state index is 0.0866. The number of sulfonamides is 1. The number of allylic oxidation sites excluding steroid dienone is 1. The van der Waals surface area contributed by atoms with Gasteiger partial charge in [-0.25, -0.2) is 23.0 Å². The van der Waals surface area contributed by atoms with Gasteiger partial charge in [-0.3, -0.25) is 24.0 Å². The molecule has 2 aromatic rings. The van der Waals surface area contributed by atoms with Gasteiger partial charge in [-0.1, -0.05) is 31.1 Å². The summed E-state index contributed by atoms with van der Waals surface area (Å²) < 4.78 is 47.2. The fourth-order valence-corrected chi connectivity index (χ4v) is 9.16. The number of benzene rings is 1. The molecule has 5 atom stereocenters. The second-order valence-corrected chi connectivity index (χ2v) is 18.9. The van der Waals surface area contributed by atoms with Gasteiger partial charge in [0.25, 0.3) is 5.91 Å². The number of alkyl carbamates (subject to hydrolysis) is 1. The van der Waals surface area contributed by atoms with E-state index >= 15 is 0 Å². The van der Waals surface area contributed by atoms with Gasteiger partial charge in [0.2, 0.25) is 21.8 Å². The predicted octanol–water partition coefficient (Wildman–Crippen LogP) is 3.28. The highest BCUT2D eigenvalue weighted by Crippen LogP contribution is 2.46. The molecule has 3 fully saturated rings. The number of ether oxygens (including phenoxy) is 3. The van der Waals surface area contributed by atoms with Crippen LogP contribution in [0.1, 0.15) is 89.7 Å². The van der Waals surface area contributed by atoms with Crippen molar-refractivity contribution in [3.8, 4) is 5.75 Å². The van der Waals surface area contributed by atoms with Gasteiger partial charge < -0.3 is 34.3 Å². The van der Waals surface area contributed by atoms with Crippen molar-refractivity contribution in [2.24, 2.45) is 5.92 Å². The van der Waals surface area contributed by atoms with Gasteiger partial charge in [0.15, 0.2) is 0 Å². The van der Waals surface area contributed by atoms with Crippen LogP contribution in [0.5, 0.6) is 5.75 Å². The second kappa shape index (κ2) is 16.6. The maximum atomic E-state index is 14.4. The first-order valence-electron chi connectivity index (χ1n) is 20.1. The summed E-state index contributed by atoms with van der Waals surface area (Å²) >= 11 is 0. The number of hydrogen-bond donors (Lipinski definition) is 3. The van der Waals surface area contributed by atoms with E-state index in [9.17, 15) is 32.4 Å². The van der Waals surface area contributed by atoms with Crippen LogP contribution in [-0.2, 0) is 53.5 Å². The van der Waals surface area contributed by atoms with E-state index in [0.717, 1.165) is 24.0 Å². The van der Waals surface area contributed by atoms with Gasteiger partial charge >= 0.3 is 12.2 Å². The predicted molar refractivity (Wildman–Crippen MR) is 208 cm³/mol. The average Bonchev–Trinajstić information content (AvgIpc) is 3.94. The number of nitrogens with zero attached hydrogens (tertiary/aromatic N) is 4. The number of fused-ring (bicyclic) bond motifs is 3. The van der Waals surface area contributed by atoms with Gasteiger partial charge in [0, 0.05) is 37.8 Å².